The molecule has 0 bridgehead atoms. The van der Waals surface area contributed by atoms with Crippen LogP contribution in [0.1, 0.15) is 24.2 Å². The summed E-state index contributed by atoms with van der Waals surface area (Å²) in [5.41, 5.74) is 1.67. The van der Waals surface area contributed by atoms with Crippen LogP contribution in [0.5, 0.6) is 11.5 Å². The van der Waals surface area contributed by atoms with Crippen molar-refractivity contribution >= 4 is 15.9 Å². The summed E-state index contributed by atoms with van der Waals surface area (Å²) in [5, 5.41) is 18.5. The van der Waals surface area contributed by atoms with Crippen LogP contribution in [0.3, 0.4) is 0 Å². The predicted molar refractivity (Wildman–Crippen MR) is 77.2 cm³/mol. The van der Waals surface area contributed by atoms with Crippen LogP contribution >= 0.6 is 15.9 Å². The van der Waals surface area contributed by atoms with E-state index in [1.807, 2.05) is 42.5 Å². The third-order valence-electron chi connectivity index (χ3n) is 2.76. The molecule has 2 aromatic rings. The zero-order valence-corrected chi connectivity index (χ0v) is 12.1. The number of halogens is 1. The van der Waals surface area contributed by atoms with Gasteiger partial charge in [0.1, 0.15) is 11.5 Å². The average molecular weight is 323 g/mol. The molecule has 1 atom stereocenters. The lowest BCUT2D eigenvalue weighted by atomic mass is 10.1. The number of ether oxygens (including phenoxy) is 1. The minimum Gasteiger partial charge on any atom is -0.457 e. The van der Waals surface area contributed by atoms with Gasteiger partial charge in [-0.3, -0.25) is 0 Å². The van der Waals surface area contributed by atoms with Crippen LogP contribution in [0.25, 0.3) is 0 Å². The topological polar surface area (TPSA) is 49.7 Å². The third-order valence-corrected chi connectivity index (χ3v) is 3.45. The van der Waals surface area contributed by atoms with Crippen molar-refractivity contribution in [2.24, 2.45) is 0 Å². The quantitative estimate of drug-likeness (QED) is 0.900. The first-order chi connectivity index (χ1) is 9.10. The lowest BCUT2D eigenvalue weighted by molar-refractivity contribution is 0.198. The maximum Gasteiger partial charge on any atom is 0.128 e. The molecule has 0 amide bonds. The first kappa shape index (κ1) is 14.1. The molecule has 0 radical (unpaired) electrons. The van der Waals surface area contributed by atoms with Crippen LogP contribution in [0.2, 0.25) is 0 Å². The Hall–Kier alpha value is -1.36. The van der Waals surface area contributed by atoms with E-state index in [0.29, 0.717) is 11.5 Å². The summed E-state index contributed by atoms with van der Waals surface area (Å²) < 4.78 is 6.51. The van der Waals surface area contributed by atoms with Crippen LogP contribution in [-0.4, -0.2) is 10.2 Å². The van der Waals surface area contributed by atoms with E-state index >= 15 is 0 Å². The maximum atomic E-state index is 9.55. The molecule has 0 fully saturated rings. The van der Waals surface area contributed by atoms with E-state index < -0.39 is 6.10 Å². The molecule has 0 unspecified atom stereocenters. The molecule has 2 aromatic carbocycles. The number of hydrogen-bond donors (Lipinski definition) is 2. The van der Waals surface area contributed by atoms with Gasteiger partial charge in [-0.05, 0) is 42.3 Å². The molecule has 100 valence electrons. The van der Waals surface area contributed by atoms with Gasteiger partial charge in [0.15, 0.2) is 0 Å². The van der Waals surface area contributed by atoms with Crippen LogP contribution in [0.15, 0.2) is 46.9 Å². The van der Waals surface area contributed by atoms with Crippen molar-refractivity contribution in [2.45, 2.75) is 19.6 Å². The Kier molecular flexibility index (Phi) is 4.58. The highest BCUT2D eigenvalue weighted by Gasteiger charge is 2.07. The summed E-state index contributed by atoms with van der Waals surface area (Å²) >= 11 is 3.41. The minimum absolute atomic E-state index is 0.0227. The van der Waals surface area contributed by atoms with Crippen LogP contribution in [-0.2, 0) is 6.61 Å². The monoisotopic (exact) mass is 322 g/mol. The van der Waals surface area contributed by atoms with Gasteiger partial charge in [-0.15, -0.1) is 0 Å². The van der Waals surface area contributed by atoms with E-state index in [1.165, 1.54) is 0 Å². The van der Waals surface area contributed by atoms with Crippen molar-refractivity contribution in [3.05, 3.63) is 58.1 Å². The Bertz CT molecular complexity index is 550. The number of benzene rings is 2. The fraction of sp³-hybridized carbons (Fsp3) is 0.200. The van der Waals surface area contributed by atoms with Gasteiger partial charge >= 0.3 is 0 Å². The van der Waals surface area contributed by atoms with Crippen molar-refractivity contribution in [1.82, 2.24) is 0 Å². The summed E-state index contributed by atoms with van der Waals surface area (Å²) in [7, 11) is 0. The van der Waals surface area contributed by atoms with Crippen molar-refractivity contribution in [3.63, 3.8) is 0 Å². The Morgan fingerprint density at radius 2 is 1.74 bits per heavy atom. The SMILES string of the molecule is C[C@@H](O)c1ccc(Oc2ccc(CO)cc2)cc1Br. The second-order valence-electron chi connectivity index (χ2n) is 4.26. The van der Waals surface area contributed by atoms with Crippen molar-refractivity contribution in [3.8, 4) is 11.5 Å². The van der Waals surface area contributed by atoms with Gasteiger partial charge in [0.2, 0.25) is 0 Å². The highest BCUT2D eigenvalue weighted by atomic mass is 79.9. The summed E-state index contributed by atoms with van der Waals surface area (Å²) in [6.45, 7) is 1.74. The van der Waals surface area contributed by atoms with Crippen LogP contribution < -0.4 is 4.74 Å². The lowest BCUT2D eigenvalue weighted by Gasteiger charge is -2.11. The molecule has 0 saturated heterocycles. The smallest absolute Gasteiger partial charge is 0.128 e. The predicted octanol–water partition coefficient (Wildman–Crippen LogP) is 3.79. The Labute approximate surface area is 120 Å². The van der Waals surface area contributed by atoms with Gasteiger partial charge in [-0.25, -0.2) is 0 Å². The number of aliphatic hydroxyl groups is 2. The van der Waals surface area contributed by atoms with Crippen molar-refractivity contribution < 1.29 is 14.9 Å². The van der Waals surface area contributed by atoms with Gasteiger partial charge < -0.3 is 14.9 Å². The van der Waals surface area contributed by atoms with Gasteiger partial charge in [0.25, 0.3) is 0 Å². The van der Waals surface area contributed by atoms with Gasteiger partial charge in [-0.2, -0.15) is 0 Å². The van der Waals surface area contributed by atoms with Crippen LogP contribution in [0.4, 0.5) is 0 Å². The minimum atomic E-state index is -0.521. The molecule has 3 nitrogen and oxygen atoms in total. The van der Waals surface area contributed by atoms with E-state index in [0.717, 1.165) is 15.6 Å². The molecule has 19 heavy (non-hydrogen) atoms. The Morgan fingerprint density at radius 1 is 1.11 bits per heavy atom. The molecule has 0 aliphatic rings. The zero-order chi connectivity index (χ0) is 13.8. The number of rotatable bonds is 4. The molecule has 0 spiro atoms. The summed E-state index contributed by atoms with van der Waals surface area (Å²) in [5.74, 6) is 1.39. The molecule has 0 saturated carbocycles. The summed E-state index contributed by atoms with van der Waals surface area (Å²) in [6, 6.07) is 12.7. The van der Waals surface area contributed by atoms with E-state index in [2.05, 4.69) is 15.9 Å². The van der Waals surface area contributed by atoms with E-state index in [9.17, 15) is 5.11 Å². The molecular formula is C15H15BrO3. The zero-order valence-electron chi connectivity index (χ0n) is 10.5. The molecule has 4 heteroatoms. The molecule has 0 aliphatic carbocycles. The van der Waals surface area contributed by atoms with Gasteiger partial charge in [-0.1, -0.05) is 34.1 Å². The molecular weight excluding hydrogens is 308 g/mol. The van der Waals surface area contributed by atoms with Crippen molar-refractivity contribution in [2.75, 3.05) is 0 Å². The number of aliphatic hydroxyl groups excluding tert-OH is 2. The molecule has 0 heterocycles. The van der Waals surface area contributed by atoms with Crippen LogP contribution in [0, 0.1) is 0 Å². The maximum absolute atomic E-state index is 9.55. The van der Waals surface area contributed by atoms with Gasteiger partial charge in [0.05, 0.1) is 12.7 Å². The fourth-order valence-corrected chi connectivity index (χ4v) is 2.40. The molecule has 0 aliphatic heterocycles. The first-order valence-corrected chi connectivity index (χ1v) is 6.74. The van der Waals surface area contributed by atoms with E-state index in [1.54, 1.807) is 6.92 Å². The molecule has 0 aromatic heterocycles. The van der Waals surface area contributed by atoms with E-state index in [-0.39, 0.29) is 6.61 Å². The first-order valence-electron chi connectivity index (χ1n) is 5.95. The largest absolute Gasteiger partial charge is 0.457 e. The summed E-state index contributed by atoms with van der Waals surface area (Å²) in [6.07, 6.45) is -0.521. The standard InChI is InChI=1S/C15H15BrO3/c1-10(18)14-7-6-13(8-15(14)16)19-12-4-2-11(9-17)3-5-12/h2-8,10,17-18H,9H2,1H3/t10-/m1/s1. The number of hydrogen-bond acceptors (Lipinski definition) is 3. The molecule has 2 N–H and O–H groups in total. The van der Waals surface area contributed by atoms with E-state index in [4.69, 9.17) is 9.84 Å². The molecule has 2 rings (SSSR count). The average Bonchev–Trinajstić information content (AvgIpc) is 2.39. The Balaban J connectivity index is 2.16. The highest BCUT2D eigenvalue weighted by molar-refractivity contribution is 9.10. The second kappa shape index (κ2) is 6.19. The lowest BCUT2D eigenvalue weighted by Crippen LogP contribution is -1.93. The van der Waals surface area contributed by atoms with Crippen molar-refractivity contribution in [1.29, 1.82) is 0 Å². The highest BCUT2D eigenvalue weighted by Crippen LogP contribution is 2.30. The summed E-state index contributed by atoms with van der Waals surface area (Å²) in [4.78, 5) is 0. The fourth-order valence-electron chi connectivity index (χ4n) is 1.71. The normalized spacial score (nSPS) is 12.2. The van der Waals surface area contributed by atoms with Gasteiger partial charge in [0, 0.05) is 4.47 Å². The Morgan fingerprint density at radius 3 is 2.26 bits per heavy atom. The second-order valence-corrected chi connectivity index (χ2v) is 5.12. The third kappa shape index (κ3) is 3.56.